The molecule has 4 amide bonds. The van der Waals surface area contributed by atoms with Crippen LogP contribution in [0.15, 0.2) is 127 Å². The van der Waals surface area contributed by atoms with E-state index in [1.165, 1.54) is 12.1 Å². The quantitative estimate of drug-likeness (QED) is 0.0502. The molecule has 0 aliphatic heterocycles. The number of anilines is 1. The number of primary amides is 1. The van der Waals surface area contributed by atoms with Crippen LogP contribution in [0.3, 0.4) is 0 Å². The van der Waals surface area contributed by atoms with Crippen LogP contribution in [0.25, 0.3) is 27.8 Å². The Morgan fingerprint density at radius 1 is 0.845 bits per heavy atom. The van der Waals surface area contributed by atoms with E-state index < -0.39 is 11.8 Å². The molecule has 5 aromatic rings. The van der Waals surface area contributed by atoms with E-state index in [-0.39, 0.29) is 61.0 Å². The number of carbonyl (C=O) groups is 4. The number of nitrogens with one attached hydrogen (secondary N) is 2. The second kappa shape index (κ2) is 17.8. The van der Waals surface area contributed by atoms with Crippen molar-refractivity contribution >= 4 is 40.2 Å². The minimum atomic E-state index is -0.508. The summed E-state index contributed by atoms with van der Waals surface area (Å²) in [5.41, 5.74) is 10.8. The van der Waals surface area contributed by atoms with E-state index >= 15 is 0 Å². The molecule has 0 saturated carbocycles. The summed E-state index contributed by atoms with van der Waals surface area (Å²) in [7, 11) is 0. The highest BCUT2D eigenvalue weighted by Crippen LogP contribution is 2.30. The molecule has 58 heavy (non-hydrogen) atoms. The van der Waals surface area contributed by atoms with E-state index in [1.807, 2.05) is 48.6 Å². The number of fused-ring (bicyclic) bond motifs is 1. The molecule has 14 heteroatoms. The molecule has 296 valence electrons. The maximum atomic E-state index is 13.5. The monoisotopic (exact) mass is 780 g/mol. The molecular formula is C44H42N7O7-. The first-order valence-corrected chi connectivity index (χ1v) is 18.9. The lowest BCUT2D eigenvalue weighted by molar-refractivity contribution is -0.131. The van der Waals surface area contributed by atoms with Crippen molar-refractivity contribution in [3.63, 3.8) is 0 Å². The molecule has 2 aliphatic rings. The van der Waals surface area contributed by atoms with Crippen molar-refractivity contribution in [1.29, 1.82) is 0 Å². The van der Waals surface area contributed by atoms with Crippen molar-refractivity contribution in [2.75, 3.05) is 31.5 Å². The second-order valence-corrected chi connectivity index (χ2v) is 13.9. The van der Waals surface area contributed by atoms with Crippen LogP contribution in [0.1, 0.15) is 62.3 Å². The summed E-state index contributed by atoms with van der Waals surface area (Å²) in [5.74, 6) is -0.814. The lowest BCUT2D eigenvalue weighted by Crippen LogP contribution is -2.35. The van der Waals surface area contributed by atoms with Crippen LogP contribution in [-0.4, -0.2) is 69.8 Å². The zero-order chi connectivity index (χ0) is 40.6. The first-order chi connectivity index (χ1) is 28.1. The summed E-state index contributed by atoms with van der Waals surface area (Å²) in [6, 6.07) is 26.0. The molecule has 0 fully saturated rings. The molecule has 5 N–H and O–H groups in total. The number of hydrogen-bond donors (Lipinski definition) is 4. The molecule has 2 aliphatic carbocycles. The molecule has 0 radical (unpaired) electrons. The molecular weight excluding hydrogens is 739 g/mol. The van der Waals surface area contributed by atoms with Gasteiger partial charge in [0, 0.05) is 53.7 Å². The highest BCUT2D eigenvalue weighted by Gasteiger charge is 2.22. The van der Waals surface area contributed by atoms with Crippen LogP contribution in [0.2, 0.25) is 0 Å². The Hall–Kier alpha value is -7.03. The van der Waals surface area contributed by atoms with Gasteiger partial charge in [-0.15, -0.1) is 0 Å². The number of nitrogens with zero attached hydrogens (tertiary/aromatic N) is 4. The lowest BCUT2D eigenvalue weighted by atomic mass is 10.1. The Balaban J connectivity index is 0.954. The van der Waals surface area contributed by atoms with Gasteiger partial charge in [0.15, 0.2) is 0 Å². The van der Waals surface area contributed by atoms with Gasteiger partial charge >= 0.3 is 0 Å². The molecule has 0 saturated heterocycles. The summed E-state index contributed by atoms with van der Waals surface area (Å²) < 4.78 is 7.44. The van der Waals surface area contributed by atoms with Crippen LogP contribution in [0.4, 0.5) is 5.69 Å². The van der Waals surface area contributed by atoms with Crippen molar-refractivity contribution in [2.45, 2.75) is 32.2 Å². The fourth-order valence-electron chi connectivity index (χ4n) is 6.60. The Bertz CT molecular complexity index is 2430. The van der Waals surface area contributed by atoms with Gasteiger partial charge in [-0.05, 0) is 91.6 Å². The van der Waals surface area contributed by atoms with E-state index in [9.17, 15) is 29.6 Å². The standard InChI is InChI=1S/C44H42N7O7/c45-42(53)31-14-12-30(13-15-31)41-37-8-4-5-9-38(37)50(48-41)35-20-18-32(19-21-35)43(54)46-23-22-40(52)49(27-29-10-11-29)28-34-17-16-33(26-39(34)51(56)57)44(55)47-24-25-58-36-6-2-1-3-7-36/h2,4-10,12-21,26,56H,1,3,11,22-25,27-28H2,(H2,45,53)(H,46,54)(H,47,55)/q-1. The Kier molecular flexibility index (Phi) is 12.1. The van der Waals surface area contributed by atoms with Gasteiger partial charge in [0.05, 0.1) is 23.4 Å². The lowest BCUT2D eigenvalue weighted by Gasteiger charge is -2.28. The average molecular weight is 781 g/mol. The van der Waals surface area contributed by atoms with Crippen LogP contribution in [-0.2, 0) is 16.1 Å². The van der Waals surface area contributed by atoms with Crippen LogP contribution < -0.4 is 21.6 Å². The van der Waals surface area contributed by atoms with Gasteiger partial charge in [-0.3, -0.25) is 24.4 Å². The van der Waals surface area contributed by atoms with E-state index in [1.54, 1.807) is 64.2 Å². The molecule has 14 nitrogen and oxygen atoms in total. The van der Waals surface area contributed by atoms with E-state index in [0.29, 0.717) is 23.2 Å². The fraction of sp³-hybridized carbons (Fsp3) is 0.205. The highest BCUT2D eigenvalue weighted by atomic mass is 16.8. The van der Waals surface area contributed by atoms with Gasteiger partial charge in [0.25, 0.3) is 11.8 Å². The van der Waals surface area contributed by atoms with Gasteiger partial charge in [0.2, 0.25) is 11.8 Å². The van der Waals surface area contributed by atoms with Gasteiger partial charge in [-0.2, -0.15) is 5.10 Å². The van der Waals surface area contributed by atoms with Crippen molar-refractivity contribution in [1.82, 2.24) is 25.3 Å². The topological polar surface area (TPSA) is 195 Å². The number of hydrogen-bond acceptors (Lipinski definition) is 9. The minimum absolute atomic E-state index is 0.00108. The van der Waals surface area contributed by atoms with E-state index in [0.717, 1.165) is 58.4 Å². The Morgan fingerprint density at radius 3 is 2.26 bits per heavy atom. The van der Waals surface area contributed by atoms with Gasteiger partial charge in [-0.1, -0.05) is 54.1 Å². The van der Waals surface area contributed by atoms with Crippen molar-refractivity contribution in [3.05, 3.63) is 154 Å². The first-order valence-electron chi connectivity index (χ1n) is 18.9. The summed E-state index contributed by atoms with van der Waals surface area (Å²) in [5, 5.41) is 33.2. The predicted octanol–water partition coefficient (Wildman–Crippen LogP) is 5.94. The first kappa shape index (κ1) is 39.2. The third-order valence-electron chi connectivity index (χ3n) is 9.80. The van der Waals surface area contributed by atoms with E-state index in [4.69, 9.17) is 15.6 Å². The van der Waals surface area contributed by atoms with Crippen molar-refractivity contribution < 1.29 is 29.1 Å². The van der Waals surface area contributed by atoms with Crippen LogP contribution in [0, 0.1) is 5.21 Å². The van der Waals surface area contributed by atoms with Crippen LogP contribution >= 0.6 is 0 Å². The van der Waals surface area contributed by atoms with Crippen molar-refractivity contribution in [3.8, 4) is 16.9 Å². The van der Waals surface area contributed by atoms with E-state index in [2.05, 4.69) is 10.6 Å². The molecule has 0 unspecified atom stereocenters. The van der Waals surface area contributed by atoms with Crippen LogP contribution in [0.5, 0.6) is 0 Å². The molecule has 7 rings (SSSR count). The SMILES string of the molecule is NC(=O)c1ccc(-c2nn(-c3ccc(C(=O)NCCC(=O)N(CC4=CC4)Cc4ccc(C(=O)NCCOC5=CCCC=C5)cc4N([O-])O)cc3)c3ccccc23)cc1. The molecule has 0 bridgehead atoms. The molecule has 0 spiro atoms. The highest BCUT2D eigenvalue weighted by molar-refractivity contribution is 5.98. The molecule has 4 aromatic carbocycles. The number of nitrogens with two attached hydrogens (primary N) is 1. The fourth-order valence-corrected chi connectivity index (χ4v) is 6.60. The summed E-state index contributed by atoms with van der Waals surface area (Å²) in [4.78, 5) is 52.6. The number of allylic oxidation sites excluding steroid dienone is 4. The summed E-state index contributed by atoms with van der Waals surface area (Å²) >= 11 is 0. The maximum absolute atomic E-state index is 13.5. The number of ether oxygens (including phenoxy) is 1. The average Bonchev–Trinajstić information content (AvgIpc) is 3.99. The summed E-state index contributed by atoms with van der Waals surface area (Å²) in [6.07, 6.45) is 10.5. The van der Waals surface area contributed by atoms with Gasteiger partial charge < -0.3 is 36.4 Å². The number of benzene rings is 4. The number of aromatic nitrogens is 2. The summed E-state index contributed by atoms with van der Waals surface area (Å²) in [6.45, 7) is 0.898. The Morgan fingerprint density at radius 2 is 1.55 bits per heavy atom. The normalized spacial score (nSPS) is 13.0. The smallest absolute Gasteiger partial charge is 0.251 e. The number of para-hydroxylation sites is 1. The van der Waals surface area contributed by atoms with Gasteiger partial charge in [0.1, 0.15) is 18.1 Å². The number of amides is 4. The zero-order valence-electron chi connectivity index (χ0n) is 31.6. The largest absolute Gasteiger partial charge is 0.733 e. The number of carbonyl (C=O) groups excluding carboxylic acids is 4. The second-order valence-electron chi connectivity index (χ2n) is 13.9. The third-order valence-corrected chi connectivity index (χ3v) is 9.80. The minimum Gasteiger partial charge on any atom is -0.733 e. The van der Waals surface area contributed by atoms with Gasteiger partial charge in [-0.25, -0.2) is 4.68 Å². The molecule has 1 heterocycles. The zero-order valence-corrected chi connectivity index (χ0v) is 31.6. The predicted molar refractivity (Wildman–Crippen MR) is 219 cm³/mol. The molecule has 0 atom stereocenters. The maximum Gasteiger partial charge on any atom is 0.251 e. The number of rotatable bonds is 17. The molecule has 1 aromatic heterocycles. The van der Waals surface area contributed by atoms with Crippen molar-refractivity contribution in [2.24, 2.45) is 5.73 Å². The Labute approximate surface area is 334 Å². The third kappa shape index (κ3) is 9.49.